The number of nitro groups is 1. The average Bonchev–Trinajstić information content (AvgIpc) is 2.50. The quantitative estimate of drug-likeness (QED) is 0.616. The highest BCUT2D eigenvalue weighted by Gasteiger charge is 2.23. The van der Waals surface area contributed by atoms with Crippen molar-refractivity contribution in [1.82, 2.24) is 4.90 Å². The second-order valence-corrected chi connectivity index (χ2v) is 5.85. The number of carbonyl (C=O) groups excluding carboxylic acids is 1. The Labute approximate surface area is 128 Å². The van der Waals surface area contributed by atoms with Gasteiger partial charge in [-0.15, -0.1) is 0 Å². The van der Waals surface area contributed by atoms with Gasteiger partial charge < -0.3 is 10.6 Å². The standard InChI is InChI=1S/C14H21N3O3S/c1-10(11-5-4-6-12(9-11)17(19)20)16(2)14(18)13(15)7-8-21-3/h4-6,9-10,13H,7-8,15H2,1-3H3/t10?,13-/m1/s1. The lowest BCUT2D eigenvalue weighted by Gasteiger charge is -2.27. The maximum Gasteiger partial charge on any atom is 0.269 e. The molecule has 0 saturated carbocycles. The van der Waals surface area contributed by atoms with Gasteiger partial charge in [-0.1, -0.05) is 12.1 Å². The van der Waals surface area contributed by atoms with Gasteiger partial charge in [-0.2, -0.15) is 11.8 Å². The van der Waals surface area contributed by atoms with E-state index in [-0.39, 0.29) is 17.6 Å². The topological polar surface area (TPSA) is 89.5 Å². The van der Waals surface area contributed by atoms with Crippen molar-refractivity contribution in [3.8, 4) is 0 Å². The second kappa shape index (κ2) is 7.99. The van der Waals surface area contributed by atoms with E-state index in [9.17, 15) is 14.9 Å². The maximum atomic E-state index is 12.2. The van der Waals surface area contributed by atoms with Gasteiger partial charge in [0.25, 0.3) is 5.69 Å². The van der Waals surface area contributed by atoms with Gasteiger partial charge in [-0.05, 0) is 30.9 Å². The number of hydrogen-bond donors (Lipinski definition) is 1. The first-order valence-corrected chi connectivity index (χ1v) is 8.03. The number of hydrogen-bond acceptors (Lipinski definition) is 5. The van der Waals surface area contributed by atoms with Crippen LogP contribution in [0.3, 0.4) is 0 Å². The largest absolute Gasteiger partial charge is 0.338 e. The number of rotatable bonds is 7. The summed E-state index contributed by atoms with van der Waals surface area (Å²) in [5, 5.41) is 10.8. The van der Waals surface area contributed by atoms with Crippen molar-refractivity contribution in [2.75, 3.05) is 19.1 Å². The molecule has 1 aromatic carbocycles. The number of nitro benzene ring substituents is 1. The molecule has 0 fully saturated rings. The molecule has 0 aliphatic heterocycles. The molecule has 0 bridgehead atoms. The number of benzene rings is 1. The molecule has 1 rings (SSSR count). The molecule has 6 nitrogen and oxygen atoms in total. The summed E-state index contributed by atoms with van der Waals surface area (Å²) in [6.45, 7) is 1.83. The summed E-state index contributed by atoms with van der Waals surface area (Å²) in [4.78, 5) is 24.2. The molecular formula is C14H21N3O3S. The zero-order chi connectivity index (χ0) is 16.0. The predicted molar refractivity (Wildman–Crippen MR) is 85.3 cm³/mol. The van der Waals surface area contributed by atoms with E-state index in [1.165, 1.54) is 12.1 Å². The third-order valence-electron chi connectivity index (χ3n) is 3.44. The molecule has 0 radical (unpaired) electrons. The molecule has 2 atom stereocenters. The maximum absolute atomic E-state index is 12.2. The lowest BCUT2D eigenvalue weighted by atomic mass is 10.1. The number of thioether (sulfide) groups is 1. The van der Waals surface area contributed by atoms with Crippen LogP contribution in [0, 0.1) is 10.1 Å². The van der Waals surface area contributed by atoms with Gasteiger partial charge in [0, 0.05) is 19.2 Å². The van der Waals surface area contributed by atoms with Crippen LogP contribution in [0.15, 0.2) is 24.3 Å². The van der Waals surface area contributed by atoms with Crippen LogP contribution in [-0.2, 0) is 4.79 Å². The predicted octanol–water partition coefficient (Wildman–Crippen LogP) is 2.19. The van der Waals surface area contributed by atoms with Crippen LogP contribution < -0.4 is 5.73 Å². The summed E-state index contributed by atoms with van der Waals surface area (Å²) < 4.78 is 0. The lowest BCUT2D eigenvalue weighted by molar-refractivity contribution is -0.384. The molecule has 0 aliphatic carbocycles. The Bertz CT molecular complexity index is 510. The van der Waals surface area contributed by atoms with E-state index < -0.39 is 11.0 Å². The van der Waals surface area contributed by atoms with Gasteiger partial charge in [0.1, 0.15) is 0 Å². The molecule has 0 spiro atoms. The van der Waals surface area contributed by atoms with Crippen LogP contribution in [0.5, 0.6) is 0 Å². The highest BCUT2D eigenvalue weighted by Crippen LogP contribution is 2.23. The summed E-state index contributed by atoms with van der Waals surface area (Å²) >= 11 is 1.64. The van der Waals surface area contributed by atoms with Crippen molar-refractivity contribution >= 4 is 23.4 Å². The highest BCUT2D eigenvalue weighted by atomic mass is 32.2. The monoisotopic (exact) mass is 311 g/mol. The van der Waals surface area contributed by atoms with Gasteiger partial charge in [0.05, 0.1) is 17.0 Å². The molecule has 1 amide bonds. The van der Waals surface area contributed by atoms with Crippen molar-refractivity contribution in [1.29, 1.82) is 0 Å². The number of non-ortho nitro benzene ring substituents is 1. The Kier molecular flexibility index (Phi) is 6.64. The highest BCUT2D eigenvalue weighted by molar-refractivity contribution is 7.98. The first-order chi connectivity index (χ1) is 9.88. The fourth-order valence-electron chi connectivity index (χ4n) is 1.94. The smallest absolute Gasteiger partial charge is 0.269 e. The molecule has 0 heterocycles. The van der Waals surface area contributed by atoms with Crippen LogP contribution in [0.2, 0.25) is 0 Å². The Hall–Kier alpha value is -1.60. The molecule has 1 aromatic rings. The van der Waals surface area contributed by atoms with E-state index in [0.29, 0.717) is 6.42 Å². The van der Waals surface area contributed by atoms with Gasteiger partial charge >= 0.3 is 0 Å². The minimum absolute atomic E-state index is 0.0203. The van der Waals surface area contributed by atoms with E-state index >= 15 is 0 Å². The normalized spacial score (nSPS) is 13.5. The third-order valence-corrected chi connectivity index (χ3v) is 4.09. The van der Waals surface area contributed by atoms with Crippen LogP contribution in [0.1, 0.15) is 24.9 Å². The average molecular weight is 311 g/mol. The van der Waals surface area contributed by atoms with Crippen LogP contribution in [-0.4, -0.2) is 40.8 Å². The molecule has 21 heavy (non-hydrogen) atoms. The summed E-state index contributed by atoms with van der Waals surface area (Å²) in [5.41, 5.74) is 6.63. The minimum Gasteiger partial charge on any atom is -0.338 e. The summed E-state index contributed by atoms with van der Waals surface area (Å²) in [7, 11) is 1.67. The fraction of sp³-hybridized carbons (Fsp3) is 0.500. The van der Waals surface area contributed by atoms with Crippen molar-refractivity contribution in [3.05, 3.63) is 39.9 Å². The third kappa shape index (κ3) is 4.71. The molecule has 1 unspecified atom stereocenters. The van der Waals surface area contributed by atoms with Crippen molar-refractivity contribution < 1.29 is 9.72 Å². The van der Waals surface area contributed by atoms with E-state index in [2.05, 4.69) is 0 Å². The molecule has 0 saturated heterocycles. The summed E-state index contributed by atoms with van der Waals surface area (Å²) in [6, 6.07) is 5.51. The van der Waals surface area contributed by atoms with Crippen molar-refractivity contribution in [3.63, 3.8) is 0 Å². The van der Waals surface area contributed by atoms with Crippen molar-refractivity contribution in [2.24, 2.45) is 5.73 Å². The van der Waals surface area contributed by atoms with Crippen LogP contribution in [0.25, 0.3) is 0 Å². The second-order valence-electron chi connectivity index (χ2n) is 4.87. The van der Waals surface area contributed by atoms with E-state index in [1.54, 1.807) is 35.8 Å². The Morgan fingerprint density at radius 3 is 2.76 bits per heavy atom. The molecule has 2 N–H and O–H groups in total. The molecule has 7 heteroatoms. The zero-order valence-corrected chi connectivity index (χ0v) is 13.3. The Morgan fingerprint density at radius 2 is 2.19 bits per heavy atom. The Morgan fingerprint density at radius 1 is 1.52 bits per heavy atom. The SMILES string of the molecule is CSCC[C@@H](N)C(=O)N(C)C(C)c1cccc([N+](=O)[O-])c1. The first kappa shape index (κ1) is 17.5. The van der Waals surface area contributed by atoms with Crippen LogP contribution in [0.4, 0.5) is 5.69 Å². The fourth-order valence-corrected chi connectivity index (χ4v) is 2.43. The molecule has 0 aromatic heterocycles. The van der Waals surface area contributed by atoms with Gasteiger partial charge in [-0.25, -0.2) is 0 Å². The number of likely N-dealkylation sites (N-methyl/N-ethyl adjacent to an activating group) is 1. The van der Waals surface area contributed by atoms with E-state index in [0.717, 1.165) is 11.3 Å². The number of nitrogens with zero attached hydrogens (tertiary/aromatic N) is 2. The van der Waals surface area contributed by atoms with Gasteiger partial charge in [0.2, 0.25) is 5.91 Å². The minimum atomic E-state index is -0.538. The molecule has 116 valence electrons. The Balaban J connectivity index is 2.82. The van der Waals surface area contributed by atoms with E-state index in [4.69, 9.17) is 5.73 Å². The van der Waals surface area contributed by atoms with Crippen LogP contribution >= 0.6 is 11.8 Å². The zero-order valence-electron chi connectivity index (χ0n) is 12.5. The van der Waals surface area contributed by atoms with Crippen molar-refractivity contribution in [2.45, 2.75) is 25.4 Å². The first-order valence-electron chi connectivity index (χ1n) is 6.64. The number of nitrogens with two attached hydrogens (primary N) is 1. The summed E-state index contributed by atoms with van der Waals surface area (Å²) in [6.07, 6.45) is 2.58. The van der Waals surface area contributed by atoms with Gasteiger partial charge in [0.15, 0.2) is 0 Å². The van der Waals surface area contributed by atoms with Gasteiger partial charge in [-0.3, -0.25) is 14.9 Å². The van der Waals surface area contributed by atoms with E-state index in [1.807, 2.05) is 13.2 Å². The number of amides is 1. The molecular weight excluding hydrogens is 290 g/mol. The summed E-state index contributed by atoms with van der Waals surface area (Å²) in [5.74, 6) is 0.675. The number of carbonyl (C=O) groups is 1. The lowest BCUT2D eigenvalue weighted by Crippen LogP contribution is -2.43. The molecule has 0 aliphatic rings.